The molecule has 0 aliphatic carbocycles. The molecule has 1 amide bonds. The number of nitrogens with one attached hydrogen (secondary N) is 2. The van der Waals surface area contributed by atoms with Crippen LogP contribution in [0, 0.1) is 0 Å². The molecule has 0 saturated carbocycles. The van der Waals surface area contributed by atoms with E-state index in [1.807, 2.05) is 33.8 Å². The Labute approximate surface area is 174 Å². The van der Waals surface area contributed by atoms with Gasteiger partial charge in [-0.15, -0.1) is 0 Å². The van der Waals surface area contributed by atoms with Gasteiger partial charge in [0, 0.05) is 44.4 Å². The Kier molecular flexibility index (Phi) is 9.59. The first-order valence-corrected chi connectivity index (χ1v) is 9.91. The first kappa shape index (κ1) is 24.9. The monoisotopic (exact) mass is 408 g/mol. The molecule has 1 aromatic carbocycles. The zero-order valence-electron chi connectivity index (χ0n) is 18.8. The summed E-state index contributed by atoms with van der Waals surface area (Å²) in [6, 6.07) is 5.38. The van der Waals surface area contributed by atoms with E-state index in [-0.39, 0.29) is 29.7 Å². The van der Waals surface area contributed by atoms with E-state index in [1.165, 1.54) is 6.92 Å². The summed E-state index contributed by atoms with van der Waals surface area (Å²) in [7, 11) is 3.48. The van der Waals surface area contributed by atoms with E-state index in [4.69, 9.17) is 14.2 Å². The van der Waals surface area contributed by atoms with E-state index in [0.717, 1.165) is 12.1 Å². The van der Waals surface area contributed by atoms with Gasteiger partial charge in [0.25, 0.3) is 5.91 Å². The SMILES string of the molecule is CNc1ccc(COC(C)=O)c(C(=O)NCCC(C)(C)OCCC(C)(C)OC)c1. The minimum Gasteiger partial charge on any atom is -0.461 e. The molecule has 2 N–H and O–H groups in total. The highest BCUT2D eigenvalue weighted by atomic mass is 16.5. The largest absolute Gasteiger partial charge is 0.461 e. The molecule has 0 fully saturated rings. The summed E-state index contributed by atoms with van der Waals surface area (Å²) in [5.74, 6) is -0.592. The number of amides is 1. The second-order valence-electron chi connectivity index (χ2n) is 8.23. The highest BCUT2D eigenvalue weighted by molar-refractivity contribution is 5.96. The van der Waals surface area contributed by atoms with Crippen molar-refractivity contribution in [3.63, 3.8) is 0 Å². The van der Waals surface area contributed by atoms with Crippen LogP contribution in [0.25, 0.3) is 0 Å². The molecule has 0 radical (unpaired) electrons. The summed E-state index contributed by atoms with van der Waals surface area (Å²) in [4.78, 5) is 23.8. The number of benzene rings is 1. The number of esters is 1. The second kappa shape index (κ2) is 11.2. The van der Waals surface area contributed by atoms with Gasteiger partial charge < -0.3 is 24.8 Å². The Morgan fingerprint density at radius 1 is 1.07 bits per heavy atom. The molecular formula is C22H36N2O5. The van der Waals surface area contributed by atoms with Crippen molar-refractivity contribution in [2.75, 3.05) is 32.6 Å². The smallest absolute Gasteiger partial charge is 0.302 e. The molecule has 1 aromatic rings. The van der Waals surface area contributed by atoms with Crippen molar-refractivity contribution in [2.24, 2.45) is 0 Å². The van der Waals surface area contributed by atoms with Gasteiger partial charge in [-0.25, -0.2) is 0 Å². The van der Waals surface area contributed by atoms with Crippen LogP contribution in [-0.2, 0) is 25.6 Å². The van der Waals surface area contributed by atoms with Crippen molar-refractivity contribution in [3.8, 4) is 0 Å². The summed E-state index contributed by atoms with van der Waals surface area (Å²) in [6.07, 6.45) is 1.45. The molecule has 7 heteroatoms. The van der Waals surface area contributed by atoms with Gasteiger partial charge in [-0.2, -0.15) is 0 Å². The third-order valence-electron chi connectivity index (χ3n) is 4.84. The molecule has 0 aromatic heterocycles. The van der Waals surface area contributed by atoms with Gasteiger partial charge in [0.2, 0.25) is 0 Å². The fourth-order valence-corrected chi connectivity index (χ4v) is 2.57. The maximum Gasteiger partial charge on any atom is 0.302 e. The number of ether oxygens (including phenoxy) is 3. The zero-order chi connectivity index (χ0) is 22.1. The standard InChI is InChI=1S/C22H36N2O5/c1-16(25)28-15-17-8-9-18(23-6)14-19(17)20(26)24-12-10-22(4,5)29-13-11-21(2,3)27-7/h8-9,14,23H,10-13,15H2,1-7H3,(H,24,26). The molecule has 0 aliphatic rings. The van der Waals surface area contributed by atoms with Crippen LogP contribution in [0.5, 0.6) is 0 Å². The fourth-order valence-electron chi connectivity index (χ4n) is 2.57. The lowest BCUT2D eigenvalue weighted by Crippen LogP contribution is -2.34. The van der Waals surface area contributed by atoms with E-state index < -0.39 is 0 Å². The van der Waals surface area contributed by atoms with Crippen LogP contribution < -0.4 is 10.6 Å². The number of carbonyl (C=O) groups excluding carboxylic acids is 2. The van der Waals surface area contributed by atoms with Gasteiger partial charge in [-0.3, -0.25) is 9.59 Å². The molecule has 1 rings (SSSR count). The molecule has 0 aliphatic heterocycles. The van der Waals surface area contributed by atoms with E-state index in [2.05, 4.69) is 10.6 Å². The number of hydrogen-bond acceptors (Lipinski definition) is 6. The molecule has 0 saturated heterocycles. The molecule has 0 bridgehead atoms. The summed E-state index contributed by atoms with van der Waals surface area (Å²) < 4.78 is 16.4. The summed E-state index contributed by atoms with van der Waals surface area (Å²) in [5, 5.41) is 5.96. The minimum atomic E-state index is -0.385. The van der Waals surface area contributed by atoms with Gasteiger partial charge in [-0.05, 0) is 52.7 Å². The molecule has 164 valence electrons. The van der Waals surface area contributed by atoms with Gasteiger partial charge in [0.1, 0.15) is 6.61 Å². The van der Waals surface area contributed by atoms with E-state index in [1.54, 1.807) is 26.3 Å². The van der Waals surface area contributed by atoms with Crippen LogP contribution in [0.4, 0.5) is 5.69 Å². The van der Waals surface area contributed by atoms with Crippen molar-refractivity contribution in [2.45, 2.75) is 65.3 Å². The first-order chi connectivity index (χ1) is 13.5. The van der Waals surface area contributed by atoms with Crippen molar-refractivity contribution in [1.82, 2.24) is 5.32 Å². The lowest BCUT2D eigenvalue weighted by Gasteiger charge is -2.29. The van der Waals surface area contributed by atoms with Gasteiger partial charge >= 0.3 is 5.97 Å². The van der Waals surface area contributed by atoms with E-state index in [0.29, 0.717) is 30.7 Å². The van der Waals surface area contributed by atoms with Crippen LogP contribution in [-0.4, -0.2) is 50.4 Å². The predicted molar refractivity (Wildman–Crippen MR) is 114 cm³/mol. The molecule has 0 unspecified atom stereocenters. The second-order valence-corrected chi connectivity index (χ2v) is 8.23. The molecule has 29 heavy (non-hydrogen) atoms. The fraction of sp³-hybridized carbons (Fsp3) is 0.636. The first-order valence-electron chi connectivity index (χ1n) is 9.91. The third-order valence-corrected chi connectivity index (χ3v) is 4.84. The Balaban J connectivity index is 2.63. The average molecular weight is 409 g/mol. The van der Waals surface area contributed by atoms with E-state index in [9.17, 15) is 9.59 Å². The van der Waals surface area contributed by atoms with Crippen molar-refractivity contribution >= 4 is 17.6 Å². The highest BCUT2D eigenvalue weighted by Gasteiger charge is 2.22. The topological polar surface area (TPSA) is 85.9 Å². The van der Waals surface area contributed by atoms with Crippen LogP contribution in [0.3, 0.4) is 0 Å². The van der Waals surface area contributed by atoms with Crippen LogP contribution in [0.1, 0.15) is 63.4 Å². The van der Waals surface area contributed by atoms with Gasteiger partial charge in [-0.1, -0.05) is 6.07 Å². The van der Waals surface area contributed by atoms with Crippen LogP contribution in [0.2, 0.25) is 0 Å². The average Bonchev–Trinajstić information content (AvgIpc) is 2.65. The normalized spacial score (nSPS) is 11.8. The Hall–Kier alpha value is -2.12. The Bertz CT molecular complexity index is 686. The minimum absolute atomic E-state index is 0.0615. The molecule has 0 heterocycles. The van der Waals surface area contributed by atoms with Gasteiger partial charge in [0.15, 0.2) is 0 Å². The predicted octanol–water partition coefficient (Wildman–Crippen LogP) is 3.52. The summed E-state index contributed by atoms with van der Waals surface area (Å²) in [6.45, 7) is 10.5. The lowest BCUT2D eigenvalue weighted by molar-refractivity contribution is -0.142. The van der Waals surface area contributed by atoms with Crippen LogP contribution in [0.15, 0.2) is 18.2 Å². The summed E-state index contributed by atoms with van der Waals surface area (Å²) in [5.41, 5.74) is 1.37. The quantitative estimate of drug-likeness (QED) is 0.515. The maximum absolute atomic E-state index is 12.7. The zero-order valence-corrected chi connectivity index (χ0v) is 18.8. The number of carbonyl (C=O) groups is 2. The maximum atomic E-state index is 12.7. The summed E-state index contributed by atoms with van der Waals surface area (Å²) >= 11 is 0. The van der Waals surface area contributed by atoms with Crippen molar-refractivity contribution in [3.05, 3.63) is 29.3 Å². The molecular weight excluding hydrogens is 372 g/mol. The van der Waals surface area contributed by atoms with Crippen molar-refractivity contribution < 1.29 is 23.8 Å². The molecule has 0 spiro atoms. The van der Waals surface area contributed by atoms with E-state index >= 15 is 0 Å². The number of anilines is 1. The van der Waals surface area contributed by atoms with Crippen LogP contribution >= 0.6 is 0 Å². The van der Waals surface area contributed by atoms with Gasteiger partial charge in [0.05, 0.1) is 17.8 Å². The number of methoxy groups -OCH3 is 1. The Morgan fingerprint density at radius 3 is 2.34 bits per heavy atom. The number of hydrogen-bond donors (Lipinski definition) is 2. The molecule has 0 atom stereocenters. The highest BCUT2D eigenvalue weighted by Crippen LogP contribution is 2.20. The Morgan fingerprint density at radius 2 is 1.76 bits per heavy atom. The molecule has 7 nitrogen and oxygen atoms in total. The lowest BCUT2D eigenvalue weighted by atomic mass is 10.0. The van der Waals surface area contributed by atoms with Crippen molar-refractivity contribution in [1.29, 1.82) is 0 Å². The number of rotatable bonds is 12. The third kappa shape index (κ3) is 9.28.